The fourth-order valence-electron chi connectivity index (χ4n) is 2.75. The van der Waals surface area contributed by atoms with Gasteiger partial charge in [-0.1, -0.05) is 18.2 Å². The Hall–Kier alpha value is -4.20. The predicted octanol–water partition coefficient (Wildman–Crippen LogP) is 4.39. The number of benzene rings is 2. The number of urea groups is 1. The molecule has 1 atom stereocenters. The molecular formula is C23H21FN4O3. The number of carbonyl (C=O) groups excluding carboxylic acids is 2. The van der Waals surface area contributed by atoms with E-state index in [2.05, 4.69) is 15.6 Å². The molecule has 1 aromatic heterocycles. The summed E-state index contributed by atoms with van der Waals surface area (Å²) in [5, 5.41) is 5.29. The van der Waals surface area contributed by atoms with E-state index in [0.717, 1.165) is 5.56 Å². The Labute approximate surface area is 178 Å². The van der Waals surface area contributed by atoms with Crippen LogP contribution in [0.1, 0.15) is 24.1 Å². The number of ether oxygens (including phenoxy) is 1. The van der Waals surface area contributed by atoms with Crippen LogP contribution in [0.4, 0.5) is 14.9 Å². The molecule has 1 heterocycles. The Morgan fingerprint density at radius 2 is 1.94 bits per heavy atom. The van der Waals surface area contributed by atoms with Crippen molar-refractivity contribution in [2.75, 3.05) is 5.32 Å². The molecule has 0 radical (unpaired) electrons. The molecule has 3 amide bonds. The van der Waals surface area contributed by atoms with Gasteiger partial charge in [0, 0.05) is 18.0 Å². The highest BCUT2D eigenvalue weighted by Gasteiger charge is 2.09. The number of primary amides is 1. The number of nitrogens with one attached hydrogen (secondary N) is 2. The summed E-state index contributed by atoms with van der Waals surface area (Å²) in [7, 11) is 0. The molecule has 0 aliphatic carbocycles. The Bertz CT molecular complexity index is 1090. The van der Waals surface area contributed by atoms with Crippen LogP contribution in [0.3, 0.4) is 0 Å². The maximum Gasteiger partial charge on any atom is 0.316 e. The number of nitrogens with zero attached hydrogens (tertiary/aromatic N) is 1. The second-order valence-electron chi connectivity index (χ2n) is 6.66. The van der Waals surface area contributed by atoms with Gasteiger partial charge in [-0.3, -0.25) is 9.78 Å². The Morgan fingerprint density at radius 1 is 1.16 bits per heavy atom. The van der Waals surface area contributed by atoms with E-state index in [1.807, 2.05) is 6.92 Å². The number of anilines is 1. The van der Waals surface area contributed by atoms with Crippen molar-refractivity contribution < 1.29 is 18.7 Å². The fraction of sp³-hybridized carbons (Fsp3) is 0.0870. The van der Waals surface area contributed by atoms with Crippen molar-refractivity contribution >= 4 is 23.7 Å². The van der Waals surface area contributed by atoms with E-state index < -0.39 is 11.8 Å². The highest BCUT2D eigenvalue weighted by Crippen LogP contribution is 2.25. The molecule has 1 unspecified atom stereocenters. The first-order valence-electron chi connectivity index (χ1n) is 9.43. The average molecular weight is 420 g/mol. The number of aromatic nitrogens is 1. The number of rotatable bonds is 7. The van der Waals surface area contributed by atoms with Gasteiger partial charge in [0.2, 0.25) is 5.91 Å². The molecule has 158 valence electrons. The Balaban J connectivity index is 1.57. The second kappa shape index (κ2) is 10.0. The SMILES string of the molecule is CC(NC(=O)/C=C/c1ccc(Oc2cccnc2)c(F)c1)c1ccc(NC(N)=O)cc1. The minimum Gasteiger partial charge on any atom is -0.453 e. The first-order valence-corrected chi connectivity index (χ1v) is 9.43. The molecule has 0 aliphatic heterocycles. The summed E-state index contributed by atoms with van der Waals surface area (Å²) in [5.41, 5.74) is 7.00. The molecule has 7 nitrogen and oxygen atoms in total. The molecule has 0 bridgehead atoms. The van der Waals surface area contributed by atoms with Crippen LogP contribution < -0.4 is 21.1 Å². The molecule has 31 heavy (non-hydrogen) atoms. The van der Waals surface area contributed by atoms with E-state index in [1.54, 1.807) is 48.7 Å². The van der Waals surface area contributed by atoms with Crippen LogP contribution >= 0.6 is 0 Å². The quantitative estimate of drug-likeness (QED) is 0.493. The molecule has 8 heteroatoms. The molecule has 4 N–H and O–H groups in total. The number of amides is 3. The van der Waals surface area contributed by atoms with Crippen LogP contribution in [0.25, 0.3) is 6.08 Å². The summed E-state index contributed by atoms with van der Waals surface area (Å²) in [6.45, 7) is 1.83. The van der Waals surface area contributed by atoms with Gasteiger partial charge >= 0.3 is 6.03 Å². The minimum atomic E-state index is -0.646. The van der Waals surface area contributed by atoms with Gasteiger partial charge in [0.15, 0.2) is 11.6 Å². The normalized spacial score (nSPS) is 11.7. The van der Waals surface area contributed by atoms with E-state index in [1.165, 1.54) is 30.5 Å². The molecule has 0 saturated heterocycles. The van der Waals surface area contributed by atoms with Gasteiger partial charge < -0.3 is 21.1 Å². The van der Waals surface area contributed by atoms with Gasteiger partial charge in [-0.25, -0.2) is 9.18 Å². The van der Waals surface area contributed by atoms with Gasteiger partial charge in [-0.2, -0.15) is 0 Å². The highest BCUT2D eigenvalue weighted by molar-refractivity contribution is 5.92. The highest BCUT2D eigenvalue weighted by atomic mass is 19.1. The first kappa shape index (κ1) is 21.5. The zero-order chi connectivity index (χ0) is 22.2. The van der Waals surface area contributed by atoms with Crippen LogP contribution in [0, 0.1) is 5.82 Å². The fourth-order valence-corrected chi connectivity index (χ4v) is 2.75. The van der Waals surface area contributed by atoms with E-state index in [0.29, 0.717) is 17.0 Å². The van der Waals surface area contributed by atoms with Crippen molar-refractivity contribution in [1.82, 2.24) is 10.3 Å². The maximum atomic E-state index is 14.3. The van der Waals surface area contributed by atoms with Crippen LogP contribution in [-0.2, 0) is 4.79 Å². The van der Waals surface area contributed by atoms with Crippen molar-refractivity contribution in [2.45, 2.75) is 13.0 Å². The van der Waals surface area contributed by atoms with Gasteiger partial charge in [-0.05, 0) is 60.5 Å². The summed E-state index contributed by atoms with van der Waals surface area (Å²) < 4.78 is 19.7. The number of hydrogen-bond acceptors (Lipinski definition) is 4. The zero-order valence-electron chi connectivity index (χ0n) is 16.7. The van der Waals surface area contributed by atoms with Gasteiger partial charge in [0.25, 0.3) is 0 Å². The monoisotopic (exact) mass is 420 g/mol. The number of carbonyl (C=O) groups is 2. The maximum absolute atomic E-state index is 14.3. The topological polar surface area (TPSA) is 106 Å². The van der Waals surface area contributed by atoms with E-state index in [4.69, 9.17) is 10.5 Å². The third kappa shape index (κ3) is 6.40. The largest absolute Gasteiger partial charge is 0.453 e. The molecule has 2 aromatic carbocycles. The third-order valence-electron chi connectivity index (χ3n) is 4.28. The molecule has 0 fully saturated rings. The molecule has 3 rings (SSSR count). The first-order chi connectivity index (χ1) is 14.9. The lowest BCUT2D eigenvalue weighted by molar-refractivity contribution is -0.117. The van der Waals surface area contributed by atoms with Crippen LogP contribution in [0.2, 0.25) is 0 Å². The van der Waals surface area contributed by atoms with E-state index in [9.17, 15) is 14.0 Å². The smallest absolute Gasteiger partial charge is 0.316 e. The molecule has 0 aliphatic rings. The number of nitrogens with two attached hydrogens (primary N) is 1. The van der Waals surface area contributed by atoms with Crippen LogP contribution in [0.15, 0.2) is 73.1 Å². The van der Waals surface area contributed by atoms with Crippen molar-refractivity contribution in [2.24, 2.45) is 5.73 Å². The minimum absolute atomic E-state index is 0.0671. The second-order valence-corrected chi connectivity index (χ2v) is 6.66. The van der Waals surface area contributed by atoms with Crippen molar-refractivity contribution in [3.05, 3.63) is 90.0 Å². The summed E-state index contributed by atoms with van der Waals surface area (Å²) >= 11 is 0. The van der Waals surface area contributed by atoms with Gasteiger partial charge in [0.05, 0.1) is 12.2 Å². The van der Waals surface area contributed by atoms with Crippen molar-refractivity contribution in [3.63, 3.8) is 0 Å². The average Bonchev–Trinajstić information content (AvgIpc) is 2.75. The summed E-state index contributed by atoms with van der Waals surface area (Å²) in [6, 6.07) is 13.8. The van der Waals surface area contributed by atoms with Crippen molar-refractivity contribution in [3.8, 4) is 11.5 Å². The van der Waals surface area contributed by atoms with Crippen LogP contribution in [0.5, 0.6) is 11.5 Å². The van der Waals surface area contributed by atoms with E-state index in [-0.39, 0.29) is 17.7 Å². The standard InChI is InChI=1S/C23H21FN4O3/c1-15(17-6-8-18(9-7-17)28-23(25)30)27-22(29)11-5-16-4-10-21(20(24)13-16)31-19-3-2-12-26-14-19/h2-15H,1H3,(H,27,29)(H3,25,28,30)/b11-5+. The third-order valence-corrected chi connectivity index (χ3v) is 4.28. The summed E-state index contributed by atoms with van der Waals surface area (Å²) in [5.74, 6) is -0.388. The predicted molar refractivity (Wildman–Crippen MR) is 116 cm³/mol. The van der Waals surface area contributed by atoms with Crippen molar-refractivity contribution in [1.29, 1.82) is 0 Å². The Morgan fingerprint density at radius 3 is 2.58 bits per heavy atom. The zero-order valence-corrected chi connectivity index (χ0v) is 16.7. The van der Waals surface area contributed by atoms with Gasteiger partial charge in [-0.15, -0.1) is 0 Å². The Kier molecular flexibility index (Phi) is 6.95. The number of hydrogen-bond donors (Lipinski definition) is 3. The van der Waals surface area contributed by atoms with E-state index >= 15 is 0 Å². The molecule has 0 spiro atoms. The summed E-state index contributed by atoms with van der Waals surface area (Å²) in [4.78, 5) is 27.0. The molecule has 0 saturated carbocycles. The number of pyridine rings is 1. The lowest BCUT2D eigenvalue weighted by atomic mass is 10.1. The number of halogens is 1. The summed E-state index contributed by atoms with van der Waals surface area (Å²) in [6.07, 6.45) is 5.93. The lowest BCUT2D eigenvalue weighted by Gasteiger charge is -2.13. The van der Waals surface area contributed by atoms with Gasteiger partial charge in [0.1, 0.15) is 5.75 Å². The molecular weight excluding hydrogens is 399 g/mol. The lowest BCUT2D eigenvalue weighted by Crippen LogP contribution is -2.24. The molecule has 3 aromatic rings. The van der Waals surface area contributed by atoms with Crippen LogP contribution in [-0.4, -0.2) is 16.9 Å².